The number of carbonyl (C=O) groups excluding carboxylic acids is 1. The first-order chi connectivity index (χ1) is 8.16. The van der Waals surface area contributed by atoms with Crippen LogP contribution < -0.4 is 0 Å². The van der Waals surface area contributed by atoms with E-state index < -0.39 is 0 Å². The summed E-state index contributed by atoms with van der Waals surface area (Å²) in [5, 5.41) is 0. The van der Waals surface area contributed by atoms with Crippen LogP contribution in [0.25, 0.3) is 0 Å². The van der Waals surface area contributed by atoms with Crippen LogP contribution in [-0.2, 0) is 4.79 Å². The topological polar surface area (TPSA) is 26.8 Å². The first-order valence-electron chi connectivity index (χ1n) is 6.82. The minimum absolute atomic E-state index is 0.262. The van der Waals surface area contributed by atoms with E-state index in [0.29, 0.717) is 5.91 Å². The minimum atomic E-state index is 0.262. The molecule has 0 bridgehead atoms. The van der Waals surface area contributed by atoms with Crippen molar-refractivity contribution in [3.63, 3.8) is 0 Å². The van der Waals surface area contributed by atoms with Crippen molar-refractivity contribution in [3.8, 4) is 0 Å². The Balaban J connectivity index is 0.000000686. The highest BCUT2D eigenvalue weighted by Gasteiger charge is 2.30. The predicted octanol–water partition coefficient (Wildman–Crippen LogP) is 0.738. The molecular weight excluding hydrogens is 214 g/mol. The third-order valence-corrected chi connectivity index (χ3v) is 3.56. The lowest BCUT2D eigenvalue weighted by Gasteiger charge is -2.33. The van der Waals surface area contributed by atoms with Crippen molar-refractivity contribution in [2.24, 2.45) is 5.92 Å². The van der Waals surface area contributed by atoms with Crippen LogP contribution >= 0.6 is 0 Å². The zero-order valence-electron chi connectivity index (χ0n) is 11.8. The standard InChI is InChI=1S/C11H21N3O.C2H6/c1-12-5-7-14(8-6-12)11(15)10-3-4-13(2)9-10;1-2/h10H,3-9H2,1-2H3;1-2H3. The van der Waals surface area contributed by atoms with Gasteiger partial charge in [-0.3, -0.25) is 4.79 Å². The molecule has 1 amide bonds. The van der Waals surface area contributed by atoms with Gasteiger partial charge in [0.05, 0.1) is 5.92 Å². The third kappa shape index (κ3) is 3.96. The number of nitrogens with zero attached hydrogens (tertiary/aromatic N) is 3. The molecule has 0 radical (unpaired) electrons. The summed E-state index contributed by atoms with van der Waals surface area (Å²) in [7, 11) is 4.21. The molecule has 17 heavy (non-hydrogen) atoms. The number of carbonyl (C=O) groups is 1. The van der Waals surface area contributed by atoms with Crippen LogP contribution in [0.1, 0.15) is 20.3 Å². The molecule has 1 atom stereocenters. The van der Waals surface area contributed by atoms with E-state index in [0.717, 1.165) is 45.7 Å². The molecule has 1 unspecified atom stereocenters. The van der Waals surface area contributed by atoms with Crippen molar-refractivity contribution in [1.29, 1.82) is 0 Å². The number of amides is 1. The molecule has 0 spiro atoms. The molecule has 0 saturated carbocycles. The zero-order chi connectivity index (χ0) is 12.8. The van der Waals surface area contributed by atoms with Crippen molar-refractivity contribution >= 4 is 5.91 Å². The monoisotopic (exact) mass is 241 g/mol. The number of piperazine rings is 1. The van der Waals surface area contributed by atoms with Gasteiger partial charge in [0.15, 0.2) is 0 Å². The molecule has 2 rings (SSSR count). The highest BCUT2D eigenvalue weighted by molar-refractivity contribution is 5.79. The summed E-state index contributed by atoms with van der Waals surface area (Å²) in [6, 6.07) is 0. The molecule has 0 aromatic carbocycles. The summed E-state index contributed by atoms with van der Waals surface area (Å²) in [6.45, 7) is 9.89. The Morgan fingerprint density at radius 3 is 2.00 bits per heavy atom. The Bertz CT molecular complexity index is 237. The van der Waals surface area contributed by atoms with E-state index >= 15 is 0 Å². The molecule has 0 N–H and O–H groups in total. The number of likely N-dealkylation sites (tertiary alicyclic amines) is 1. The average Bonchev–Trinajstić information content (AvgIpc) is 2.79. The maximum Gasteiger partial charge on any atom is 0.227 e. The van der Waals surface area contributed by atoms with Crippen molar-refractivity contribution < 1.29 is 4.79 Å². The van der Waals surface area contributed by atoms with E-state index in [-0.39, 0.29) is 5.92 Å². The van der Waals surface area contributed by atoms with Gasteiger partial charge in [0, 0.05) is 32.7 Å². The van der Waals surface area contributed by atoms with Gasteiger partial charge in [-0.25, -0.2) is 0 Å². The SMILES string of the molecule is CC.CN1CCN(C(=O)C2CCN(C)C2)CC1. The second-order valence-electron chi connectivity index (χ2n) is 4.88. The van der Waals surface area contributed by atoms with Gasteiger partial charge in [-0.1, -0.05) is 13.8 Å². The maximum atomic E-state index is 12.1. The molecular formula is C13H27N3O. The predicted molar refractivity (Wildman–Crippen MR) is 71.0 cm³/mol. The zero-order valence-corrected chi connectivity index (χ0v) is 11.8. The second kappa shape index (κ2) is 6.97. The van der Waals surface area contributed by atoms with Crippen molar-refractivity contribution in [3.05, 3.63) is 0 Å². The molecule has 2 aliphatic rings. The lowest BCUT2D eigenvalue weighted by molar-refractivity contribution is -0.136. The molecule has 100 valence electrons. The summed E-state index contributed by atoms with van der Waals surface area (Å²) >= 11 is 0. The molecule has 4 heteroatoms. The first-order valence-corrected chi connectivity index (χ1v) is 6.82. The Hall–Kier alpha value is -0.610. The van der Waals surface area contributed by atoms with Gasteiger partial charge in [0.2, 0.25) is 5.91 Å². The van der Waals surface area contributed by atoms with Gasteiger partial charge in [-0.2, -0.15) is 0 Å². The molecule has 2 aliphatic heterocycles. The normalized spacial score (nSPS) is 26.6. The van der Waals surface area contributed by atoms with Crippen molar-refractivity contribution in [2.75, 3.05) is 53.4 Å². The Morgan fingerprint density at radius 2 is 1.53 bits per heavy atom. The van der Waals surface area contributed by atoms with Crippen molar-refractivity contribution in [2.45, 2.75) is 20.3 Å². The average molecular weight is 241 g/mol. The number of hydrogen-bond acceptors (Lipinski definition) is 3. The van der Waals surface area contributed by atoms with E-state index in [1.807, 2.05) is 18.7 Å². The number of rotatable bonds is 1. The Labute approximate surface area is 106 Å². The van der Waals surface area contributed by atoms with E-state index in [9.17, 15) is 4.79 Å². The number of hydrogen-bond donors (Lipinski definition) is 0. The minimum Gasteiger partial charge on any atom is -0.340 e. The van der Waals surface area contributed by atoms with Gasteiger partial charge in [-0.05, 0) is 27.1 Å². The highest BCUT2D eigenvalue weighted by Crippen LogP contribution is 2.17. The fourth-order valence-corrected chi connectivity index (χ4v) is 2.42. The van der Waals surface area contributed by atoms with Gasteiger partial charge >= 0.3 is 0 Å². The van der Waals surface area contributed by atoms with Gasteiger partial charge < -0.3 is 14.7 Å². The molecule has 4 nitrogen and oxygen atoms in total. The number of likely N-dealkylation sites (N-methyl/N-ethyl adjacent to an activating group) is 1. The summed E-state index contributed by atoms with van der Waals surface area (Å²) in [6.07, 6.45) is 1.04. The molecule has 2 fully saturated rings. The van der Waals surface area contributed by atoms with Gasteiger partial charge in [0.1, 0.15) is 0 Å². The quantitative estimate of drug-likeness (QED) is 0.677. The maximum absolute atomic E-state index is 12.1. The molecule has 0 aromatic heterocycles. The first kappa shape index (κ1) is 14.5. The van der Waals surface area contributed by atoms with E-state index in [4.69, 9.17) is 0 Å². The second-order valence-corrected chi connectivity index (χ2v) is 4.88. The summed E-state index contributed by atoms with van der Waals surface area (Å²) in [4.78, 5) is 18.7. The summed E-state index contributed by atoms with van der Waals surface area (Å²) in [5.74, 6) is 0.644. The van der Waals surface area contributed by atoms with Crippen LogP contribution in [0.5, 0.6) is 0 Å². The van der Waals surface area contributed by atoms with Gasteiger partial charge in [0.25, 0.3) is 0 Å². The summed E-state index contributed by atoms with van der Waals surface area (Å²) in [5.41, 5.74) is 0. The van der Waals surface area contributed by atoms with Crippen LogP contribution in [0.2, 0.25) is 0 Å². The van der Waals surface area contributed by atoms with E-state index in [1.165, 1.54) is 0 Å². The van der Waals surface area contributed by atoms with E-state index in [1.54, 1.807) is 0 Å². The van der Waals surface area contributed by atoms with Crippen LogP contribution in [0.3, 0.4) is 0 Å². The fraction of sp³-hybridized carbons (Fsp3) is 0.923. The Morgan fingerprint density at radius 1 is 0.941 bits per heavy atom. The smallest absolute Gasteiger partial charge is 0.227 e. The Kier molecular flexibility index (Phi) is 5.92. The van der Waals surface area contributed by atoms with Crippen LogP contribution in [-0.4, -0.2) is 74.0 Å². The highest BCUT2D eigenvalue weighted by atomic mass is 16.2. The largest absolute Gasteiger partial charge is 0.340 e. The van der Waals surface area contributed by atoms with E-state index in [2.05, 4.69) is 23.9 Å². The lowest BCUT2D eigenvalue weighted by Crippen LogP contribution is -2.49. The summed E-state index contributed by atoms with van der Waals surface area (Å²) < 4.78 is 0. The van der Waals surface area contributed by atoms with Gasteiger partial charge in [-0.15, -0.1) is 0 Å². The molecule has 0 aromatic rings. The molecule has 2 heterocycles. The van der Waals surface area contributed by atoms with Crippen LogP contribution in [0.4, 0.5) is 0 Å². The third-order valence-electron chi connectivity index (χ3n) is 3.56. The lowest BCUT2D eigenvalue weighted by atomic mass is 10.1. The van der Waals surface area contributed by atoms with Crippen molar-refractivity contribution in [1.82, 2.24) is 14.7 Å². The van der Waals surface area contributed by atoms with Crippen LogP contribution in [0, 0.1) is 5.92 Å². The van der Waals surface area contributed by atoms with Crippen LogP contribution in [0.15, 0.2) is 0 Å². The molecule has 0 aliphatic carbocycles. The fourth-order valence-electron chi connectivity index (χ4n) is 2.42. The molecule has 2 saturated heterocycles.